The molecule has 2 N–H and O–H groups in total. The summed E-state index contributed by atoms with van der Waals surface area (Å²) < 4.78 is 0. The van der Waals surface area contributed by atoms with Crippen LogP contribution in [0, 0.1) is 5.41 Å². The lowest BCUT2D eigenvalue weighted by Crippen LogP contribution is -2.27. The van der Waals surface area contributed by atoms with Gasteiger partial charge in [0.05, 0.1) is 0 Å². The maximum atomic E-state index is 5.72. The van der Waals surface area contributed by atoms with Gasteiger partial charge in [-0.1, -0.05) is 27.2 Å². The molecule has 0 bridgehead atoms. The van der Waals surface area contributed by atoms with Crippen LogP contribution in [0.5, 0.6) is 0 Å². The molecule has 2 nitrogen and oxygen atoms in total. The van der Waals surface area contributed by atoms with Gasteiger partial charge in [-0.2, -0.15) is 0 Å². The molecule has 0 heterocycles. The van der Waals surface area contributed by atoms with E-state index in [0.717, 1.165) is 12.6 Å². The first kappa shape index (κ1) is 13.0. The molecule has 0 radical (unpaired) electrons. The summed E-state index contributed by atoms with van der Waals surface area (Å²) in [6.45, 7) is 10.2. The van der Waals surface area contributed by atoms with Crippen molar-refractivity contribution in [1.82, 2.24) is 4.90 Å². The standard InChI is InChI=1S/C13H28N2/c1-4-15(12-7-8-12)10-6-5-9-13(2,3)11-14/h12H,4-11,14H2,1-3H3. The van der Waals surface area contributed by atoms with Crippen molar-refractivity contribution in [3.05, 3.63) is 0 Å². The zero-order valence-corrected chi connectivity index (χ0v) is 10.8. The first-order valence-electron chi connectivity index (χ1n) is 6.53. The maximum Gasteiger partial charge on any atom is 0.00963 e. The third kappa shape index (κ3) is 4.98. The number of nitrogens with zero attached hydrogens (tertiary/aromatic N) is 1. The van der Waals surface area contributed by atoms with Crippen LogP contribution in [0.15, 0.2) is 0 Å². The highest BCUT2D eigenvalue weighted by Gasteiger charge is 2.27. The maximum absolute atomic E-state index is 5.72. The Morgan fingerprint density at radius 2 is 1.93 bits per heavy atom. The monoisotopic (exact) mass is 212 g/mol. The number of nitrogens with two attached hydrogens (primary N) is 1. The van der Waals surface area contributed by atoms with Crippen molar-refractivity contribution in [3.8, 4) is 0 Å². The molecule has 1 fully saturated rings. The largest absolute Gasteiger partial charge is 0.330 e. The molecule has 90 valence electrons. The quantitative estimate of drug-likeness (QED) is 0.627. The minimum absolute atomic E-state index is 0.344. The van der Waals surface area contributed by atoms with Gasteiger partial charge in [0.15, 0.2) is 0 Å². The second-order valence-corrected chi connectivity index (χ2v) is 5.69. The Hall–Kier alpha value is -0.0800. The molecule has 0 amide bonds. The predicted molar refractivity (Wildman–Crippen MR) is 67.0 cm³/mol. The molecular weight excluding hydrogens is 184 g/mol. The molecular formula is C13H28N2. The van der Waals surface area contributed by atoms with Gasteiger partial charge in [-0.3, -0.25) is 0 Å². The van der Waals surface area contributed by atoms with Crippen molar-refractivity contribution in [2.24, 2.45) is 11.1 Å². The van der Waals surface area contributed by atoms with E-state index in [1.807, 2.05) is 0 Å². The Balaban J connectivity index is 2.05. The molecule has 0 aliphatic heterocycles. The highest BCUT2D eigenvalue weighted by Crippen LogP contribution is 2.27. The van der Waals surface area contributed by atoms with Gasteiger partial charge in [0, 0.05) is 6.04 Å². The summed E-state index contributed by atoms with van der Waals surface area (Å²) in [7, 11) is 0. The van der Waals surface area contributed by atoms with Crippen LogP contribution < -0.4 is 5.73 Å². The van der Waals surface area contributed by atoms with Crippen LogP contribution in [0.2, 0.25) is 0 Å². The molecule has 0 unspecified atom stereocenters. The molecule has 0 spiro atoms. The van der Waals surface area contributed by atoms with Gasteiger partial charge in [-0.25, -0.2) is 0 Å². The summed E-state index contributed by atoms with van der Waals surface area (Å²) in [5.74, 6) is 0. The summed E-state index contributed by atoms with van der Waals surface area (Å²) in [6.07, 6.45) is 6.80. The fourth-order valence-electron chi connectivity index (χ4n) is 2.06. The third-order valence-electron chi connectivity index (χ3n) is 3.57. The highest BCUT2D eigenvalue weighted by atomic mass is 15.2. The molecule has 0 atom stereocenters. The Morgan fingerprint density at radius 1 is 1.27 bits per heavy atom. The number of unbranched alkanes of at least 4 members (excludes halogenated alkanes) is 1. The lowest BCUT2D eigenvalue weighted by atomic mass is 9.87. The molecule has 0 aromatic rings. The first-order valence-corrected chi connectivity index (χ1v) is 6.53. The third-order valence-corrected chi connectivity index (χ3v) is 3.57. The van der Waals surface area contributed by atoms with Crippen molar-refractivity contribution in [3.63, 3.8) is 0 Å². The average Bonchev–Trinajstić information content (AvgIpc) is 3.02. The number of hydrogen-bond donors (Lipinski definition) is 1. The summed E-state index contributed by atoms with van der Waals surface area (Å²) >= 11 is 0. The Morgan fingerprint density at radius 3 is 2.40 bits per heavy atom. The molecule has 1 saturated carbocycles. The van der Waals surface area contributed by atoms with Crippen LogP contribution in [0.25, 0.3) is 0 Å². The Kier molecular flexibility index (Phi) is 5.07. The lowest BCUT2D eigenvalue weighted by molar-refractivity contribution is 0.258. The minimum atomic E-state index is 0.344. The van der Waals surface area contributed by atoms with Crippen molar-refractivity contribution in [2.45, 2.75) is 58.9 Å². The zero-order chi connectivity index (χ0) is 11.3. The molecule has 2 heteroatoms. The summed E-state index contributed by atoms with van der Waals surface area (Å²) in [6, 6.07) is 0.928. The van der Waals surface area contributed by atoms with E-state index in [0.29, 0.717) is 5.41 Å². The van der Waals surface area contributed by atoms with Crippen molar-refractivity contribution in [1.29, 1.82) is 0 Å². The van der Waals surface area contributed by atoms with Gasteiger partial charge >= 0.3 is 0 Å². The molecule has 1 aliphatic rings. The van der Waals surface area contributed by atoms with E-state index in [-0.39, 0.29) is 0 Å². The molecule has 0 aromatic carbocycles. The molecule has 0 aromatic heterocycles. The van der Waals surface area contributed by atoms with Gasteiger partial charge in [-0.15, -0.1) is 0 Å². The fraction of sp³-hybridized carbons (Fsp3) is 1.00. The van der Waals surface area contributed by atoms with E-state index in [9.17, 15) is 0 Å². The SMILES string of the molecule is CCN(CCCCC(C)(C)CN)C1CC1. The van der Waals surface area contributed by atoms with E-state index in [2.05, 4.69) is 25.7 Å². The van der Waals surface area contributed by atoms with Gasteiger partial charge in [0.1, 0.15) is 0 Å². The normalized spacial score (nSPS) is 17.4. The van der Waals surface area contributed by atoms with E-state index >= 15 is 0 Å². The van der Waals surface area contributed by atoms with E-state index in [1.54, 1.807) is 0 Å². The van der Waals surface area contributed by atoms with Crippen molar-refractivity contribution >= 4 is 0 Å². The summed E-state index contributed by atoms with van der Waals surface area (Å²) in [5.41, 5.74) is 6.07. The van der Waals surface area contributed by atoms with Gasteiger partial charge < -0.3 is 10.6 Å². The fourth-order valence-corrected chi connectivity index (χ4v) is 2.06. The van der Waals surface area contributed by atoms with Gasteiger partial charge in [-0.05, 0) is 50.7 Å². The molecule has 1 rings (SSSR count). The van der Waals surface area contributed by atoms with E-state index < -0.39 is 0 Å². The highest BCUT2D eigenvalue weighted by molar-refractivity contribution is 4.83. The van der Waals surface area contributed by atoms with Crippen LogP contribution in [0.1, 0.15) is 52.9 Å². The van der Waals surface area contributed by atoms with Crippen LogP contribution in [-0.2, 0) is 0 Å². The molecule has 15 heavy (non-hydrogen) atoms. The summed E-state index contributed by atoms with van der Waals surface area (Å²) in [5, 5.41) is 0. The molecule has 0 saturated heterocycles. The van der Waals surface area contributed by atoms with E-state index in [1.165, 1.54) is 45.2 Å². The van der Waals surface area contributed by atoms with Crippen LogP contribution >= 0.6 is 0 Å². The van der Waals surface area contributed by atoms with Crippen molar-refractivity contribution < 1.29 is 0 Å². The molecule has 1 aliphatic carbocycles. The Labute approximate surface area is 95.2 Å². The number of hydrogen-bond acceptors (Lipinski definition) is 2. The smallest absolute Gasteiger partial charge is 0.00963 e. The Bertz CT molecular complexity index is 173. The minimum Gasteiger partial charge on any atom is -0.330 e. The van der Waals surface area contributed by atoms with Crippen LogP contribution in [0.3, 0.4) is 0 Å². The zero-order valence-electron chi connectivity index (χ0n) is 10.8. The van der Waals surface area contributed by atoms with Gasteiger partial charge in [0.25, 0.3) is 0 Å². The number of rotatable bonds is 8. The van der Waals surface area contributed by atoms with E-state index in [4.69, 9.17) is 5.73 Å². The van der Waals surface area contributed by atoms with Crippen molar-refractivity contribution in [2.75, 3.05) is 19.6 Å². The van der Waals surface area contributed by atoms with Crippen LogP contribution in [0.4, 0.5) is 0 Å². The van der Waals surface area contributed by atoms with Crippen LogP contribution in [-0.4, -0.2) is 30.6 Å². The average molecular weight is 212 g/mol. The first-order chi connectivity index (χ1) is 7.09. The topological polar surface area (TPSA) is 29.3 Å². The van der Waals surface area contributed by atoms with Gasteiger partial charge in [0.2, 0.25) is 0 Å². The second kappa shape index (κ2) is 5.86. The summed E-state index contributed by atoms with van der Waals surface area (Å²) in [4.78, 5) is 2.63. The second-order valence-electron chi connectivity index (χ2n) is 5.69. The lowest BCUT2D eigenvalue weighted by Gasteiger charge is -2.24. The predicted octanol–water partition coefficient (Wildman–Crippen LogP) is 2.63.